The number of aliphatic hydroxyl groups is 1. The molecule has 1 fully saturated rings. The van der Waals surface area contributed by atoms with Gasteiger partial charge in [-0.05, 0) is 50.4 Å². The van der Waals surface area contributed by atoms with Crippen molar-refractivity contribution >= 4 is 0 Å². The first kappa shape index (κ1) is 17.3. The van der Waals surface area contributed by atoms with Crippen LogP contribution in [0.4, 0.5) is 0 Å². The molecule has 1 aliphatic rings. The molecule has 1 aliphatic heterocycles. The molecule has 0 radical (unpaired) electrons. The summed E-state index contributed by atoms with van der Waals surface area (Å²) in [7, 11) is 3.89. The second kappa shape index (κ2) is 7.47. The molecular formula is C19H31NO2. The molecule has 0 saturated carbocycles. The van der Waals surface area contributed by atoms with Crippen LogP contribution in [0.3, 0.4) is 0 Å². The molecule has 124 valence electrons. The second-order valence-electron chi connectivity index (χ2n) is 6.72. The van der Waals surface area contributed by atoms with Gasteiger partial charge in [0.25, 0.3) is 0 Å². The molecule has 0 aromatic heterocycles. The van der Waals surface area contributed by atoms with Crippen molar-refractivity contribution in [3.05, 3.63) is 29.8 Å². The van der Waals surface area contributed by atoms with E-state index >= 15 is 0 Å². The van der Waals surface area contributed by atoms with Gasteiger partial charge in [0.1, 0.15) is 5.75 Å². The fraction of sp³-hybridized carbons (Fsp3) is 0.684. The van der Waals surface area contributed by atoms with Crippen molar-refractivity contribution in [2.75, 3.05) is 20.7 Å². The molecule has 3 heteroatoms. The van der Waals surface area contributed by atoms with Gasteiger partial charge in [-0.3, -0.25) is 0 Å². The fourth-order valence-corrected chi connectivity index (χ4v) is 4.08. The van der Waals surface area contributed by atoms with Crippen LogP contribution in [-0.2, 0) is 6.42 Å². The summed E-state index contributed by atoms with van der Waals surface area (Å²) >= 11 is 0. The minimum absolute atomic E-state index is 0.341. The molecule has 1 aromatic carbocycles. The van der Waals surface area contributed by atoms with E-state index in [1.54, 1.807) is 7.11 Å². The zero-order valence-corrected chi connectivity index (χ0v) is 14.5. The summed E-state index contributed by atoms with van der Waals surface area (Å²) in [5, 5.41) is 11.1. The average Bonchev–Trinajstić information content (AvgIpc) is 2.52. The van der Waals surface area contributed by atoms with Crippen molar-refractivity contribution in [3.8, 4) is 5.75 Å². The van der Waals surface area contributed by atoms with Crippen molar-refractivity contribution in [1.29, 1.82) is 0 Å². The molecule has 0 aliphatic carbocycles. The fourth-order valence-electron chi connectivity index (χ4n) is 4.08. The number of benzene rings is 1. The van der Waals surface area contributed by atoms with E-state index in [0.717, 1.165) is 44.4 Å². The van der Waals surface area contributed by atoms with E-state index < -0.39 is 5.60 Å². The highest BCUT2D eigenvalue weighted by Crippen LogP contribution is 2.39. The topological polar surface area (TPSA) is 32.7 Å². The number of likely N-dealkylation sites (tertiary alicyclic amines) is 1. The molecule has 0 amide bonds. The first-order valence-electron chi connectivity index (χ1n) is 8.59. The molecule has 1 saturated heterocycles. The highest BCUT2D eigenvalue weighted by atomic mass is 16.5. The lowest BCUT2D eigenvalue weighted by Gasteiger charge is -2.49. The van der Waals surface area contributed by atoms with E-state index in [2.05, 4.69) is 37.9 Å². The van der Waals surface area contributed by atoms with Crippen LogP contribution in [0, 0.1) is 5.92 Å². The second-order valence-corrected chi connectivity index (χ2v) is 6.72. The van der Waals surface area contributed by atoms with Gasteiger partial charge in [0, 0.05) is 18.5 Å². The van der Waals surface area contributed by atoms with Crippen LogP contribution in [-0.4, -0.2) is 42.4 Å². The van der Waals surface area contributed by atoms with Crippen LogP contribution < -0.4 is 4.74 Å². The zero-order valence-electron chi connectivity index (χ0n) is 14.5. The van der Waals surface area contributed by atoms with Gasteiger partial charge >= 0.3 is 0 Å². The van der Waals surface area contributed by atoms with Crippen LogP contribution in [0.2, 0.25) is 0 Å². The van der Waals surface area contributed by atoms with Crippen molar-refractivity contribution in [2.24, 2.45) is 5.92 Å². The van der Waals surface area contributed by atoms with Crippen molar-refractivity contribution in [3.63, 3.8) is 0 Å². The molecule has 1 N–H and O–H groups in total. The van der Waals surface area contributed by atoms with E-state index in [1.165, 1.54) is 5.56 Å². The van der Waals surface area contributed by atoms with Gasteiger partial charge in [-0.15, -0.1) is 0 Å². The minimum Gasteiger partial charge on any atom is -0.497 e. The number of piperidine rings is 1. The lowest BCUT2D eigenvalue weighted by Crippen LogP contribution is -2.57. The largest absolute Gasteiger partial charge is 0.497 e. The van der Waals surface area contributed by atoms with E-state index in [4.69, 9.17) is 4.74 Å². The molecule has 1 aromatic rings. The predicted octanol–water partition coefficient (Wildman–Crippen LogP) is 3.50. The molecule has 3 nitrogen and oxygen atoms in total. The smallest absolute Gasteiger partial charge is 0.118 e. The van der Waals surface area contributed by atoms with Crippen molar-refractivity contribution in [2.45, 2.75) is 57.6 Å². The maximum Gasteiger partial charge on any atom is 0.118 e. The quantitative estimate of drug-likeness (QED) is 0.873. The number of ether oxygens (including phenoxy) is 1. The Hall–Kier alpha value is -1.06. The number of hydrogen-bond donors (Lipinski definition) is 1. The molecule has 1 heterocycles. The van der Waals surface area contributed by atoms with Crippen LogP contribution in [0.5, 0.6) is 5.75 Å². The Balaban J connectivity index is 2.17. The van der Waals surface area contributed by atoms with Gasteiger partial charge in [-0.1, -0.05) is 32.4 Å². The number of nitrogens with zero attached hydrogens (tertiary/aromatic N) is 1. The van der Waals surface area contributed by atoms with Crippen LogP contribution in [0.25, 0.3) is 0 Å². The lowest BCUT2D eigenvalue weighted by molar-refractivity contribution is -0.101. The number of rotatable bonds is 6. The third-order valence-corrected chi connectivity index (χ3v) is 5.34. The third-order valence-electron chi connectivity index (χ3n) is 5.34. The Bertz CT molecular complexity index is 459. The lowest BCUT2D eigenvalue weighted by atomic mass is 9.71. The van der Waals surface area contributed by atoms with Gasteiger partial charge in [-0.25, -0.2) is 0 Å². The SMILES string of the molecule is CCCC1(O)CCN(C)C(Cc2ccc(OC)cc2)C1CC. The minimum atomic E-state index is -0.493. The molecule has 0 spiro atoms. The third kappa shape index (κ3) is 3.64. The van der Waals surface area contributed by atoms with E-state index in [-0.39, 0.29) is 0 Å². The highest BCUT2D eigenvalue weighted by molar-refractivity contribution is 5.28. The van der Waals surface area contributed by atoms with E-state index in [9.17, 15) is 5.11 Å². The van der Waals surface area contributed by atoms with Crippen molar-refractivity contribution in [1.82, 2.24) is 4.90 Å². The van der Waals surface area contributed by atoms with Gasteiger partial charge in [0.15, 0.2) is 0 Å². The summed E-state index contributed by atoms with van der Waals surface area (Å²) in [5.41, 5.74) is 0.824. The zero-order chi connectivity index (χ0) is 16.2. The normalized spacial score (nSPS) is 29.5. The predicted molar refractivity (Wildman–Crippen MR) is 91.4 cm³/mol. The van der Waals surface area contributed by atoms with Crippen LogP contribution in [0.15, 0.2) is 24.3 Å². The Morgan fingerprint density at radius 3 is 2.50 bits per heavy atom. The van der Waals surface area contributed by atoms with Gasteiger partial charge in [0.05, 0.1) is 12.7 Å². The molecular weight excluding hydrogens is 274 g/mol. The summed E-state index contributed by atoms with van der Waals surface area (Å²) in [5.74, 6) is 1.24. The van der Waals surface area contributed by atoms with Gasteiger partial charge < -0.3 is 14.7 Å². The Morgan fingerprint density at radius 2 is 1.95 bits per heavy atom. The average molecular weight is 305 g/mol. The number of methoxy groups -OCH3 is 1. The van der Waals surface area contributed by atoms with Gasteiger partial charge in [0.2, 0.25) is 0 Å². The molecule has 22 heavy (non-hydrogen) atoms. The summed E-state index contributed by atoms with van der Waals surface area (Å²) < 4.78 is 5.24. The highest BCUT2D eigenvalue weighted by Gasteiger charge is 2.44. The van der Waals surface area contributed by atoms with Crippen LogP contribution in [0.1, 0.15) is 45.1 Å². The maximum atomic E-state index is 11.1. The van der Waals surface area contributed by atoms with E-state index in [0.29, 0.717) is 12.0 Å². The summed E-state index contributed by atoms with van der Waals surface area (Å²) in [6, 6.07) is 8.75. The maximum absolute atomic E-state index is 11.1. The Labute approximate surface area is 135 Å². The van der Waals surface area contributed by atoms with Crippen molar-refractivity contribution < 1.29 is 9.84 Å². The Kier molecular flexibility index (Phi) is 5.87. The summed E-state index contributed by atoms with van der Waals surface area (Å²) in [4.78, 5) is 2.43. The molecule has 2 rings (SSSR count). The monoisotopic (exact) mass is 305 g/mol. The summed E-state index contributed by atoms with van der Waals surface area (Å²) in [6.07, 6.45) is 4.88. The molecule has 3 unspecified atom stereocenters. The number of likely N-dealkylation sites (N-methyl/N-ethyl adjacent to an activating group) is 1. The van der Waals surface area contributed by atoms with Crippen LogP contribution >= 0.6 is 0 Å². The first-order chi connectivity index (χ1) is 10.5. The standard InChI is InChI=1S/C19H31NO2/c1-5-11-19(21)12-13-20(3)18(17(19)6-2)14-15-7-9-16(22-4)10-8-15/h7-10,17-18,21H,5-6,11-14H2,1-4H3. The molecule has 0 bridgehead atoms. The first-order valence-corrected chi connectivity index (χ1v) is 8.59. The van der Waals surface area contributed by atoms with E-state index in [1.807, 2.05) is 12.1 Å². The molecule has 3 atom stereocenters. The summed E-state index contributed by atoms with van der Waals surface area (Å²) in [6.45, 7) is 5.36. The number of hydrogen-bond acceptors (Lipinski definition) is 3. The van der Waals surface area contributed by atoms with Gasteiger partial charge in [-0.2, -0.15) is 0 Å². The Morgan fingerprint density at radius 1 is 1.27 bits per heavy atom.